The first-order chi connectivity index (χ1) is 8.73. The Balaban J connectivity index is 1.65. The summed E-state index contributed by atoms with van der Waals surface area (Å²) in [7, 11) is 1.63. The maximum absolute atomic E-state index is 9.89. The van der Waals surface area contributed by atoms with Crippen molar-refractivity contribution in [2.75, 3.05) is 26.8 Å². The van der Waals surface area contributed by atoms with Crippen LogP contribution in [0.15, 0.2) is 24.3 Å². The van der Waals surface area contributed by atoms with E-state index in [-0.39, 0.29) is 0 Å². The number of rotatable bonds is 7. The Labute approximate surface area is 108 Å². The minimum Gasteiger partial charge on any atom is -0.493 e. The van der Waals surface area contributed by atoms with Gasteiger partial charge in [0.15, 0.2) is 11.5 Å². The van der Waals surface area contributed by atoms with Gasteiger partial charge >= 0.3 is 0 Å². The fourth-order valence-electron chi connectivity index (χ4n) is 2.05. The van der Waals surface area contributed by atoms with Crippen molar-refractivity contribution in [1.29, 1.82) is 0 Å². The van der Waals surface area contributed by atoms with Crippen molar-refractivity contribution >= 4 is 0 Å². The van der Waals surface area contributed by atoms with E-state index in [4.69, 9.17) is 9.47 Å². The van der Waals surface area contributed by atoms with E-state index in [1.165, 1.54) is 0 Å². The van der Waals surface area contributed by atoms with Crippen LogP contribution in [0, 0.1) is 0 Å². The Bertz CT molecular complexity index is 377. The lowest BCUT2D eigenvalue weighted by Crippen LogP contribution is -2.46. The summed E-state index contributed by atoms with van der Waals surface area (Å²) in [5, 5.41) is 13.1. The molecular formula is C14H21NO3. The van der Waals surface area contributed by atoms with Crippen LogP contribution in [0.5, 0.6) is 11.5 Å². The molecule has 4 nitrogen and oxygen atoms in total. The second-order valence-corrected chi connectivity index (χ2v) is 4.75. The molecular weight excluding hydrogens is 230 g/mol. The smallest absolute Gasteiger partial charge is 0.161 e. The van der Waals surface area contributed by atoms with E-state index in [9.17, 15) is 5.11 Å². The predicted octanol–water partition coefficient (Wildman–Crippen LogP) is 1.58. The molecule has 2 rings (SSSR count). The Kier molecular flexibility index (Phi) is 4.44. The van der Waals surface area contributed by atoms with Crippen LogP contribution in [0.4, 0.5) is 0 Å². The molecule has 1 aliphatic rings. The molecule has 2 N–H and O–H groups in total. The van der Waals surface area contributed by atoms with E-state index in [2.05, 4.69) is 5.32 Å². The summed E-state index contributed by atoms with van der Waals surface area (Å²) >= 11 is 0. The zero-order valence-corrected chi connectivity index (χ0v) is 10.8. The van der Waals surface area contributed by atoms with E-state index >= 15 is 0 Å². The molecule has 1 saturated carbocycles. The molecule has 0 amide bonds. The number of methoxy groups -OCH3 is 1. The predicted molar refractivity (Wildman–Crippen MR) is 70.2 cm³/mol. The average Bonchev–Trinajstić information content (AvgIpc) is 2.37. The van der Waals surface area contributed by atoms with Gasteiger partial charge in [0.05, 0.1) is 12.7 Å². The first-order valence-electron chi connectivity index (χ1n) is 6.42. The van der Waals surface area contributed by atoms with Crippen molar-refractivity contribution < 1.29 is 14.6 Å². The van der Waals surface area contributed by atoms with Crippen molar-refractivity contribution in [2.45, 2.75) is 24.9 Å². The highest BCUT2D eigenvalue weighted by Crippen LogP contribution is 2.30. The number of aliphatic hydroxyl groups is 1. The number of ether oxygens (including phenoxy) is 2. The van der Waals surface area contributed by atoms with Crippen LogP contribution in [0.3, 0.4) is 0 Å². The highest BCUT2D eigenvalue weighted by atomic mass is 16.5. The molecule has 1 aliphatic carbocycles. The summed E-state index contributed by atoms with van der Waals surface area (Å²) in [5.74, 6) is 1.50. The van der Waals surface area contributed by atoms with Gasteiger partial charge in [-0.3, -0.25) is 0 Å². The van der Waals surface area contributed by atoms with Gasteiger partial charge in [-0.05, 0) is 31.4 Å². The summed E-state index contributed by atoms with van der Waals surface area (Å²) in [4.78, 5) is 0. The van der Waals surface area contributed by atoms with Crippen molar-refractivity contribution in [2.24, 2.45) is 0 Å². The molecule has 0 unspecified atom stereocenters. The monoisotopic (exact) mass is 251 g/mol. The third kappa shape index (κ3) is 3.37. The molecule has 0 aliphatic heterocycles. The highest BCUT2D eigenvalue weighted by molar-refractivity contribution is 5.39. The first kappa shape index (κ1) is 13.2. The van der Waals surface area contributed by atoms with Gasteiger partial charge in [-0.2, -0.15) is 0 Å². The maximum atomic E-state index is 9.89. The minimum absolute atomic E-state index is 0.468. The van der Waals surface area contributed by atoms with Gasteiger partial charge in [0, 0.05) is 13.1 Å². The standard InChI is InChI=1S/C14H21NO3/c1-17-12-5-2-3-6-13(12)18-10-9-15-11-14(16)7-4-8-14/h2-3,5-6,15-16H,4,7-11H2,1H3. The van der Waals surface area contributed by atoms with Gasteiger partial charge in [0.25, 0.3) is 0 Å². The number of benzene rings is 1. The van der Waals surface area contributed by atoms with Crippen LogP contribution < -0.4 is 14.8 Å². The van der Waals surface area contributed by atoms with Crippen molar-refractivity contribution in [3.05, 3.63) is 24.3 Å². The molecule has 4 heteroatoms. The molecule has 18 heavy (non-hydrogen) atoms. The van der Waals surface area contributed by atoms with E-state index in [1.54, 1.807) is 7.11 Å². The highest BCUT2D eigenvalue weighted by Gasteiger charge is 2.33. The lowest BCUT2D eigenvalue weighted by molar-refractivity contribution is -0.0314. The molecule has 0 spiro atoms. The maximum Gasteiger partial charge on any atom is 0.161 e. The van der Waals surface area contributed by atoms with E-state index in [0.29, 0.717) is 13.2 Å². The summed E-state index contributed by atoms with van der Waals surface area (Å²) < 4.78 is 10.8. The summed E-state index contributed by atoms with van der Waals surface area (Å²) in [6, 6.07) is 7.59. The van der Waals surface area contributed by atoms with Crippen LogP contribution >= 0.6 is 0 Å². The van der Waals surface area contributed by atoms with Crippen molar-refractivity contribution in [1.82, 2.24) is 5.32 Å². The Morgan fingerprint density at radius 1 is 1.28 bits per heavy atom. The van der Waals surface area contributed by atoms with Gasteiger partial charge < -0.3 is 19.9 Å². The molecule has 1 aromatic rings. The third-order valence-corrected chi connectivity index (χ3v) is 3.34. The van der Waals surface area contributed by atoms with E-state index in [0.717, 1.165) is 37.3 Å². The van der Waals surface area contributed by atoms with Crippen LogP contribution in [-0.4, -0.2) is 37.5 Å². The molecule has 1 fully saturated rings. The second-order valence-electron chi connectivity index (χ2n) is 4.75. The van der Waals surface area contributed by atoms with Gasteiger partial charge in [-0.15, -0.1) is 0 Å². The molecule has 0 heterocycles. The number of hydrogen-bond donors (Lipinski definition) is 2. The van der Waals surface area contributed by atoms with Gasteiger partial charge in [0.1, 0.15) is 6.61 Å². The van der Waals surface area contributed by atoms with E-state index < -0.39 is 5.60 Å². The SMILES string of the molecule is COc1ccccc1OCCNCC1(O)CCC1. The molecule has 100 valence electrons. The summed E-state index contributed by atoms with van der Waals surface area (Å²) in [6.07, 6.45) is 2.95. The quantitative estimate of drug-likeness (QED) is 0.722. The van der Waals surface area contributed by atoms with Crippen LogP contribution in [0.1, 0.15) is 19.3 Å². The lowest BCUT2D eigenvalue weighted by atomic mass is 9.80. The topological polar surface area (TPSA) is 50.7 Å². The van der Waals surface area contributed by atoms with Crippen molar-refractivity contribution in [3.8, 4) is 11.5 Å². The summed E-state index contributed by atoms with van der Waals surface area (Å²) in [5.41, 5.74) is -0.468. The van der Waals surface area contributed by atoms with Crippen molar-refractivity contribution in [3.63, 3.8) is 0 Å². The molecule has 0 saturated heterocycles. The van der Waals surface area contributed by atoms with Gasteiger partial charge in [0.2, 0.25) is 0 Å². The normalized spacial score (nSPS) is 17.0. The van der Waals surface area contributed by atoms with Crippen LogP contribution in [0.2, 0.25) is 0 Å². The first-order valence-corrected chi connectivity index (χ1v) is 6.42. The fraction of sp³-hybridized carbons (Fsp3) is 0.571. The molecule has 0 radical (unpaired) electrons. The Morgan fingerprint density at radius 2 is 2.00 bits per heavy atom. The third-order valence-electron chi connectivity index (χ3n) is 3.34. The minimum atomic E-state index is -0.468. The Hall–Kier alpha value is -1.26. The van der Waals surface area contributed by atoms with E-state index in [1.807, 2.05) is 24.3 Å². The molecule has 0 aromatic heterocycles. The zero-order valence-electron chi connectivity index (χ0n) is 10.8. The number of nitrogens with one attached hydrogen (secondary N) is 1. The number of hydrogen-bond acceptors (Lipinski definition) is 4. The molecule has 1 aromatic carbocycles. The largest absolute Gasteiger partial charge is 0.493 e. The average molecular weight is 251 g/mol. The van der Waals surface area contributed by atoms with Gasteiger partial charge in [-0.1, -0.05) is 12.1 Å². The van der Waals surface area contributed by atoms with Crippen LogP contribution in [0.25, 0.3) is 0 Å². The van der Waals surface area contributed by atoms with Crippen LogP contribution in [-0.2, 0) is 0 Å². The lowest BCUT2D eigenvalue weighted by Gasteiger charge is -2.36. The summed E-state index contributed by atoms with van der Waals surface area (Å²) in [6.45, 7) is 1.94. The Morgan fingerprint density at radius 3 is 2.61 bits per heavy atom. The molecule has 0 atom stereocenters. The van der Waals surface area contributed by atoms with Gasteiger partial charge in [-0.25, -0.2) is 0 Å². The molecule has 0 bridgehead atoms. The fourth-order valence-corrected chi connectivity index (χ4v) is 2.05. The zero-order chi connectivity index (χ0) is 12.8. The second kappa shape index (κ2) is 6.07. The number of para-hydroxylation sites is 2.